The maximum atomic E-state index is 11.9. The predicted octanol–water partition coefficient (Wildman–Crippen LogP) is 4.53. The van der Waals surface area contributed by atoms with Crippen LogP contribution in [-0.4, -0.2) is 36.9 Å². The summed E-state index contributed by atoms with van der Waals surface area (Å²) < 4.78 is 5.45. The van der Waals surface area contributed by atoms with Gasteiger partial charge in [-0.25, -0.2) is 5.43 Å². The summed E-state index contributed by atoms with van der Waals surface area (Å²) in [5.74, 6) is 1.35. The fourth-order valence-corrected chi connectivity index (χ4v) is 3.85. The lowest BCUT2D eigenvalue weighted by Crippen LogP contribution is -2.31. The first-order valence-electron chi connectivity index (χ1n) is 9.67. The van der Waals surface area contributed by atoms with Crippen molar-refractivity contribution in [2.24, 2.45) is 11.0 Å². The van der Waals surface area contributed by atoms with Crippen molar-refractivity contribution in [1.82, 2.24) is 10.7 Å². The maximum absolute atomic E-state index is 11.9. The number of benzene rings is 2. The van der Waals surface area contributed by atoms with E-state index in [0.717, 1.165) is 11.1 Å². The summed E-state index contributed by atoms with van der Waals surface area (Å²) in [7, 11) is 0. The molecule has 2 N–H and O–H groups in total. The summed E-state index contributed by atoms with van der Waals surface area (Å²) in [4.78, 5) is 23.6. The average Bonchev–Trinajstić information content (AvgIpc) is 2.73. The normalized spacial score (nSPS) is 11.0. The van der Waals surface area contributed by atoms with Crippen LogP contribution in [0.15, 0.2) is 47.6 Å². The van der Waals surface area contributed by atoms with Gasteiger partial charge in [-0.2, -0.15) is 5.10 Å². The van der Waals surface area contributed by atoms with Crippen molar-refractivity contribution in [2.45, 2.75) is 19.6 Å². The summed E-state index contributed by atoms with van der Waals surface area (Å²) in [5, 5.41) is 7.91. The lowest BCUT2D eigenvalue weighted by Gasteiger charge is -2.09. The van der Waals surface area contributed by atoms with Crippen LogP contribution < -0.4 is 15.5 Å². The highest BCUT2D eigenvalue weighted by Gasteiger charge is 2.07. The number of nitrogens with zero attached hydrogens (tertiary/aromatic N) is 1. The number of carbonyl (C=O) groups is 2. The van der Waals surface area contributed by atoms with Crippen LogP contribution in [-0.2, 0) is 15.3 Å². The van der Waals surface area contributed by atoms with Gasteiger partial charge in [0, 0.05) is 22.3 Å². The molecule has 2 amide bonds. The monoisotopic (exact) mass is 481 g/mol. The van der Waals surface area contributed by atoms with Gasteiger partial charge in [0.25, 0.3) is 5.91 Å². The zero-order valence-electron chi connectivity index (χ0n) is 17.4. The molecule has 0 saturated carbocycles. The lowest BCUT2D eigenvalue weighted by molar-refractivity contribution is -0.123. The number of hydrogen-bond donors (Lipinski definition) is 2. The molecule has 0 saturated heterocycles. The van der Waals surface area contributed by atoms with Gasteiger partial charge in [-0.05, 0) is 53.4 Å². The molecule has 0 unspecified atom stereocenters. The topological polar surface area (TPSA) is 79.8 Å². The van der Waals surface area contributed by atoms with Crippen LogP contribution in [0, 0.1) is 5.92 Å². The molecular formula is C22H25Cl2N3O3S. The van der Waals surface area contributed by atoms with Crippen LogP contribution in [0.4, 0.5) is 0 Å². The minimum absolute atomic E-state index is 0.0344. The number of halogens is 2. The van der Waals surface area contributed by atoms with E-state index in [2.05, 4.69) is 15.8 Å². The summed E-state index contributed by atoms with van der Waals surface area (Å²) in [6.45, 7) is 4.64. The van der Waals surface area contributed by atoms with Crippen LogP contribution in [0.25, 0.3) is 0 Å². The molecule has 9 heteroatoms. The number of nitrogens with one attached hydrogen (secondary N) is 2. The number of hydrogen-bond acceptors (Lipinski definition) is 5. The van der Waals surface area contributed by atoms with Crippen molar-refractivity contribution in [1.29, 1.82) is 0 Å². The Bertz CT molecular complexity index is 885. The first-order chi connectivity index (χ1) is 14.8. The van der Waals surface area contributed by atoms with Crippen LogP contribution >= 0.6 is 35.0 Å². The van der Waals surface area contributed by atoms with Crippen LogP contribution in [0.2, 0.25) is 10.0 Å². The molecule has 0 atom stereocenters. The van der Waals surface area contributed by atoms with E-state index in [0.29, 0.717) is 34.0 Å². The van der Waals surface area contributed by atoms with Gasteiger partial charge in [0.1, 0.15) is 5.75 Å². The smallest absolute Gasteiger partial charge is 0.257 e. The summed E-state index contributed by atoms with van der Waals surface area (Å²) >= 11 is 13.6. The van der Waals surface area contributed by atoms with E-state index in [1.54, 1.807) is 42.5 Å². The minimum atomic E-state index is -0.225. The Morgan fingerprint density at radius 3 is 2.42 bits per heavy atom. The van der Waals surface area contributed by atoms with Crippen LogP contribution in [0.3, 0.4) is 0 Å². The van der Waals surface area contributed by atoms with Crippen molar-refractivity contribution in [3.8, 4) is 5.75 Å². The molecule has 31 heavy (non-hydrogen) atoms. The SMILES string of the molecule is CC(C)CNC(=O)COc1ccc(/C=N\NC(=O)CSCc2c(Cl)cccc2Cl)cc1. The van der Waals surface area contributed by atoms with Gasteiger partial charge >= 0.3 is 0 Å². The Labute approximate surface area is 196 Å². The molecule has 0 aliphatic heterocycles. The van der Waals surface area contributed by atoms with Crippen molar-refractivity contribution < 1.29 is 14.3 Å². The largest absolute Gasteiger partial charge is 0.484 e. The molecule has 2 aromatic rings. The molecule has 0 aliphatic carbocycles. The van der Waals surface area contributed by atoms with Gasteiger partial charge in [0.15, 0.2) is 6.61 Å². The van der Waals surface area contributed by atoms with Gasteiger partial charge in [0.05, 0.1) is 12.0 Å². The number of carbonyl (C=O) groups excluding carboxylic acids is 2. The fourth-order valence-electron chi connectivity index (χ4n) is 2.30. The van der Waals surface area contributed by atoms with E-state index in [4.69, 9.17) is 27.9 Å². The number of hydrazone groups is 1. The van der Waals surface area contributed by atoms with Crippen molar-refractivity contribution in [3.05, 3.63) is 63.6 Å². The third kappa shape index (κ3) is 9.63. The summed E-state index contributed by atoms with van der Waals surface area (Å²) in [6, 6.07) is 12.4. The quantitative estimate of drug-likeness (QED) is 0.365. The molecular weight excluding hydrogens is 457 g/mol. The van der Waals surface area contributed by atoms with E-state index < -0.39 is 0 Å². The third-order valence-corrected chi connectivity index (χ3v) is 5.57. The van der Waals surface area contributed by atoms with Crippen LogP contribution in [0.5, 0.6) is 5.75 Å². The van der Waals surface area contributed by atoms with E-state index in [1.807, 2.05) is 13.8 Å². The Hall–Kier alpha value is -2.22. The molecule has 2 aromatic carbocycles. The van der Waals surface area contributed by atoms with Gasteiger partial charge < -0.3 is 10.1 Å². The van der Waals surface area contributed by atoms with Gasteiger partial charge in [0.2, 0.25) is 5.91 Å². The Kier molecular flexibility index (Phi) is 10.7. The second-order valence-electron chi connectivity index (χ2n) is 7.04. The second-order valence-corrected chi connectivity index (χ2v) is 8.84. The molecule has 6 nitrogen and oxygen atoms in total. The zero-order valence-corrected chi connectivity index (χ0v) is 19.7. The molecule has 0 spiro atoms. The Balaban J connectivity index is 1.69. The van der Waals surface area contributed by atoms with Crippen LogP contribution in [0.1, 0.15) is 25.0 Å². The Morgan fingerprint density at radius 1 is 1.10 bits per heavy atom. The number of ether oxygens (including phenoxy) is 1. The fraction of sp³-hybridized carbons (Fsp3) is 0.318. The summed E-state index contributed by atoms with van der Waals surface area (Å²) in [6.07, 6.45) is 1.53. The standard InChI is InChI=1S/C22H25Cl2N3O3S/c1-15(2)10-25-21(28)12-30-17-8-6-16(7-9-17)11-26-27-22(29)14-31-13-18-19(23)4-3-5-20(18)24/h3-9,11,15H,10,12-14H2,1-2H3,(H,25,28)(H,27,29)/b26-11-. The number of rotatable bonds is 11. The molecule has 0 radical (unpaired) electrons. The van der Waals surface area contributed by atoms with Gasteiger partial charge in [-0.1, -0.05) is 43.1 Å². The van der Waals surface area contributed by atoms with Gasteiger partial charge in [-0.15, -0.1) is 11.8 Å². The van der Waals surface area contributed by atoms with E-state index in [1.165, 1.54) is 18.0 Å². The maximum Gasteiger partial charge on any atom is 0.257 e. The van der Waals surface area contributed by atoms with Gasteiger partial charge in [-0.3, -0.25) is 9.59 Å². The van der Waals surface area contributed by atoms with Crippen molar-refractivity contribution in [3.63, 3.8) is 0 Å². The Morgan fingerprint density at radius 2 is 1.77 bits per heavy atom. The van der Waals surface area contributed by atoms with E-state index in [-0.39, 0.29) is 24.2 Å². The summed E-state index contributed by atoms with van der Waals surface area (Å²) in [5.41, 5.74) is 4.08. The third-order valence-electron chi connectivity index (χ3n) is 3.90. The molecule has 0 heterocycles. The highest BCUT2D eigenvalue weighted by atomic mass is 35.5. The molecule has 0 aliphatic rings. The average molecular weight is 482 g/mol. The highest BCUT2D eigenvalue weighted by molar-refractivity contribution is 7.99. The van der Waals surface area contributed by atoms with E-state index >= 15 is 0 Å². The molecule has 0 bridgehead atoms. The zero-order chi connectivity index (χ0) is 22.6. The predicted molar refractivity (Wildman–Crippen MR) is 128 cm³/mol. The molecule has 2 rings (SSSR count). The minimum Gasteiger partial charge on any atom is -0.484 e. The van der Waals surface area contributed by atoms with Crippen molar-refractivity contribution in [2.75, 3.05) is 18.9 Å². The molecule has 0 aromatic heterocycles. The number of thioether (sulfide) groups is 1. The van der Waals surface area contributed by atoms with Crippen molar-refractivity contribution >= 4 is 53.0 Å². The molecule has 0 fully saturated rings. The lowest BCUT2D eigenvalue weighted by atomic mass is 10.2. The number of amides is 2. The first-order valence-corrected chi connectivity index (χ1v) is 11.6. The van der Waals surface area contributed by atoms with E-state index in [9.17, 15) is 9.59 Å². The molecule has 166 valence electrons. The second kappa shape index (κ2) is 13.2. The first kappa shape index (κ1) is 25.0. The highest BCUT2D eigenvalue weighted by Crippen LogP contribution is 2.28.